The molecular formula is C13H23NO5. The highest BCUT2D eigenvalue weighted by Gasteiger charge is 2.29. The number of hydrogen-bond acceptors (Lipinski definition) is 4. The van der Waals surface area contributed by atoms with Crippen molar-refractivity contribution in [3.63, 3.8) is 0 Å². The number of nitrogens with one attached hydrogen (secondary N) is 1. The maximum absolute atomic E-state index is 11.4. The predicted octanol–water partition coefficient (Wildman–Crippen LogP) is 1.92. The van der Waals surface area contributed by atoms with Gasteiger partial charge in [0, 0.05) is 6.54 Å². The molecule has 2 unspecified atom stereocenters. The number of carboxylic acids is 1. The number of amides is 1. The number of carbonyl (C=O) groups is 2. The third kappa shape index (κ3) is 6.42. The Balaban J connectivity index is 2.09. The van der Waals surface area contributed by atoms with Gasteiger partial charge in [-0.25, -0.2) is 9.59 Å². The summed E-state index contributed by atoms with van der Waals surface area (Å²) in [5.74, 6) is -0.894. The minimum Gasteiger partial charge on any atom is -0.479 e. The standard InChI is InChI=1S/C13H23NO5/c1-13(2,3)19-12(17)14-8-4-5-9-6-7-10(18-9)11(15)16/h9-10H,4-8H2,1-3H3,(H,14,17)(H,15,16). The molecule has 0 aromatic heterocycles. The Labute approximate surface area is 113 Å². The van der Waals surface area contributed by atoms with E-state index in [1.165, 1.54) is 0 Å². The molecule has 6 nitrogen and oxygen atoms in total. The molecule has 1 fully saturated rings. The van der Waals surface area contributed by atoms with E-state index in [0.717, 1.165) is 19.3 Å². The lowest BCUT2D eigenvalue weighted by Gasteiger charge is -2.19. The second kappa shape index (κ2) is 6.75. The Bertz CT molecular complexity index is 323. The lowest BCUT2D eigenvalue weighted by molar-refractivity contribution is -0.149. The van der Waals surface area contributed by atoms with E-state index in [2.05, 4.69) is 5.32 Å². The normalized spacial score (nSPS) is 23.1. The molecule has 19 heavy (non-hydrogen) atoms. The molecule has 0 aliphatic carbocycles. The van der Waals surface area contributed by atoms with Gasteiger partial charge in [-0.05, 0) is 46.5 Å². The number of alkyl carbamates (subject to hydrolysis) is 1. The Morgan fingerprint density at radius 2 is 2.05 bits per heavy atom. The zero-order valence-corrected chi connectivity index (χ0v) is 11.8. The zero-order chi connectivity index (χ0) is 14.5. The van der Waals surface area contributed by atoms with Gasteiger partial charge in [-0.1, -0.05) is 0 Å². The molecule has 6 heteroatoms. The number of carbonyl (C=O) groups excluding carboxylic acids is 1. The zero-order valence-electron chi connectivity index (χ0n) is 11.8. The fourth-order valence-electron chi connectivity index (χ4n) is 1.93. The third-order valence-electron chi connectivity index (χ3n) is 2.75. The summed E-state index contributed by atoms with van der Waals surface area (Å²) in [6.07, 6.45) is 1.73. The molecular weight excluding hydrogens is 250 g/mol. The van der Waals surface area contributed by atoms with E-state index in [0.29, 0.717) is 13.0 Å². The van der Waals surface area contributed by atoms with Gasteiger partial charge in [0.25, 0.3) is 0 Å². The van der Waals surface area contributed by atoms with Crippen molar-refractivity contribution in [3.8, 4) is 0 Å². The summed E-state index contributed by atoms with van der Waals surface area (Å²) >= 11 is 0. The van der Waals surface area contributed by atoms with Crippen LogP contribution in [0.2, 0.25) is 0 Å². The monoisotopic (exact) mass is 273 g/mol. The quantitative estimate of drug-likeness (QED) is 0.747. The van der Waals surface area contributed by atoms with E-state index in [-0.39, 0.29) is 6.10 Å². The minimum absolute atomic E-state index is 0.0125. The molecule has 1 saturated heterocycles. The maximum Gasteiger partial charge on any atom is 0.407 e. The topological polar surface area (TPSA) is 84.9 Å². The molecule has 1 amide bonds. The Morgan fingerprint density at radius 1 is 1.37 bits per heavy atom. The van der Waals surface area contributed by atoms with Gasteiger partial charge in [0.05, 0.1) is 6.10 Å². The lowest BCUT2D eigenvalue weighted by Crippen LogP contribution is -2.33. The summed E-state index contributed by atoms with van der Waals surface area (Å²) in [6.45, 7) is 5.94. The molecule has 0 spiro atoms. The van der Waals surface area contributed by atoms with Crippen molar-refractivity contribution in [1.82, 2.24) is 5.32 Å². The van der Waals surface area contributed by atoms with Gasteiger partial charge in [0.2, 0.25) is 0 Å². The fourth-order valence-corrected chi connectivity index (χ4v) is 1.93. The lowest BCUT2D eigenvalue weighted by atomic mass is 10.1. The van der Waals surface area contributed by atoms with Crippen molar-refractivity contribution in [2.45, 2.75) is 64.3 Å². The van der Waals surface area contributed by atoms with Crippen molar-refractivity contribution in [2.24, 2.45) is 0 Å². The van der Waals surface area contributed by atoms with Crippen molar-refractivity contribution >= 4 is 12.1 Å². The maximum atomic E-state index is 11.4. The molecule has 1 aliphatic rings. The third-order valence-corrected chi connectivity index (χ3v) is 2.75. The molecule has 1 aliphatic heterocycles. The number of aliphatic carboxylic acids is 1. The summed E-state index contributed by atoms with van der Waals surface area (Å²) in [4.78, 5) is 22.1. The van der Waals surface area contributed by atoms with Crippen LogP contribution in [-0.2, 0) is 14.3 Å². The minimum atomic E-state index is -0.894. The largest absolute Gasteiger partial charge is 0.479 e. The molecule has 110 valence electrons. The molecule has 1 heterocycles. The smallest absolute Gasteiger partial charge is 0.407 e. The number of rotatable bonds is 5. The van der Waals surface area contributed by atoms with Crippen LogP contribution in [0.4, 0.5) is 4.79 Å². The van der Waals surface area contributed by atoms with Gasteiger partial charge in [0.15, 0.2) is 6.10 Å². The van der Waals surface area contributed by atoms with Gasteiger partial charge in [-0.2, -0.15) is 0 Å². The Morgan fingerprint density at radius 3 is 2.58 bits per heavy atom. The van der Waals surface area contributed by atoms with Crippen LogP contribution in [0.5, 0.6) is 0 Å². The summed E-state index contributed by atoms with van der Waals surface area (Å²) < 4.78 is 10.5. The molecule has 2 atom stereocenters. The highest BCUT2D eigenvalue weighted by atomic mass is 16.6. The highest BCUT2D eigenvalue weighted by molar-refractivity contribution is 5.72. The van der Waals surface area contributed by atoms with Crippen LogP contribution < -0.4 is 5.32 Å². The van der Waals surface area contributed by atoms with Gasteiger partial charge in [-0.3, -0.25) is 0 Å². The summed E-state index contributed by atoms with van der Waals surface area (Å²) in [7, 11) is 0. The predicted molar refractivity (Wildman–Crippen MR) is 69.0 cm³/mol. The van der Waals surface area contributed by atoms with Crippen molar-refractivity contribution in [2.75, 3.05) is 6.54 Å². The van der Waals surface area contributed by atoms with Crippen LogP contribution in [0.1, 0.15) is 46.5 Å². The van der Waals surface area contributed by atoms with Gasteiger partial charge < -0.3 is 19.9 Å². The molecule has 0 bridgehead atoms. The number of ether oxygens (including phenoxy) is 2. The van der Waals surface area contributed by atoms with E-state index in [1.54, 1.807) is 0 Å². The Kier molecular flexibility index (Phi) is 5.60. The van der Waals surface area contributed by atoms with Crippen molar-refractivity contribution in [1.29, 1.82) is 0 Å². The molecule has 0 saturated carbocycles. The van der Waals surface area contributed by atoms with Crippen molar-refractivity contribution in [3.05, 3.63) is 0 Å². The number of carboxylic acid groups (broad SMARTS) is 1. The van der Waals surface area contributed by atoms with Gasteiger partial charge in [-0.15, -0.1) is 0 Å². The summed E-state index contributed by atoms with van der Waals surface area (Å²) in [5, 5.41) is 11.4. The average molecular weight is 273 g/mol. The van der Waals surface area contributed by atoms with Crippen LogP contribution in [0.15, 0.2) is 0 Å². The first-order valence-corrected chi connectivity index (χ1v) is 6.63. The summed E-state index contributed by atoms with van der Waals surface area (Å²) in [6, 6.07) is 0. The van der Waals surface area contributed by atoms with Crippen LogP contribution in [0.3, 0.4) is 0 Å². The van der Waals surface area contributed by atoms with E-state index in [9.17, 15) is 9.59 Å². The first-order chi connectivity index (χ1) is 8.78. The van der Waals surface area contributed by atoms with E-state index >= 15 is 0 Å². The second-order valence-electron chi connectivity index (χ2n) is 5.73. The first-order valence-electron chi connectivity index (χ1n) is 6.63. The molecule has 2 N–H and O–H groups in total. The van der Waals surface area contributed by atoms with Crippen LogP contribution in [0.25, 0.3) is 0 Å². The number of hydrogen-bond donors (Lipinski definition) is 2. The first kappa shape index (κ1) is 15.8. The SMILES string of the molecule is CC(C)(C)OC(=O)NCCCC1CCC(C(=O)O)O1. The van der Waals surface area contributed by atoms with Crippen molar-refractivity contribution < 1.29 is 24.2 Å². The van der Waals surface area contributed by atoms with Gasteiger partial charge >= 0.3 is 12.1 Å². The van der Waals surface area contributed by atoms with E-state index in [1.807, 2.05) is 20.8 Å². The fraction of sp³-hybridized carbons (Fsp3) is 0.846. The molecule has 0 aromatic rings. The van der Waals surface area contributed by atoms with E-state index in [4.69, 9.17) is 14.6 Å². The second-order valence-corrected chi connectivity index (χ2v) is 5.73. The highest BCUT2D eigenvalue weighted by Crippen LogP contribution is 2.23. The molecule has 1 rings (SSSR count). The molecule has 0 radical (unpaired) electrons. The Hall–Kier alpha value is -1.30. The van der Waals surface area contributed by atoms with Crippen LogP contribution in [-0.4, -0.2) is 41.5 Å². The van der Waals surface area contributed by atoms with Crippen LogP contribution in [0, 0.1) is 0 Å². The summed E-state index contributed by atoms with van der Waals surface area (Å²) in [5.41, 5.74) is -0.493. The average Bonchev–Trinajstić information content (AvgIpc) is 2.70. The van der Waals surface area contributed by atoms with E-state index < -0.39 is 23.8 Å². The van der Waals surface area contributed by atoms with Crippen LogP contribution >= 0.6 is 0 Å². The van der Waals surface area contributed by atoms with Gasteiger partial charge in [0.1, 0.15) is 5.60 Å². The molecule has 0 aromatic carbocycles.